The van der Waals surface area contributed by atoms with Crippen molar-refractivity contribution in [1.82, 2.24) is 9.80 Å². The highest BCUT2D eigenvalue weighted by Gasteiger charge is 2.41. The minimum Gasteiger partial charge on any atom is -0.480 e. The highest BCUT2D eigenvalue weighted by molar-refractivity contribution is 5.83. The second-order valence-corrected chi connectivity index (χ2v) is 4.34. The molecule has 2 amide bonds. The summed E-state index contributed by atoms with van der Waals surface area (Å²) in [7, 11) is 1.49. The number of aliphatic hydroxyl groups excluding tert-OH is 1. The Morgan fingerprint density at radius 3 is 2.74 bits per heavy atom. The monoisotopic (exact) mass is 272 g/mol. The first-order valence-electron chi connectivity index (χ1n) is 6.08. The molecule has 7 nitrogen and oxygen atoms in total. The average molecular weight is 272 g/mol. The van der Waals surface area contributed by atoms with E-state index in [1.807, 2.05) is 0 Å². The molecule has 0 aromatic heterocycles. The highest BCUT2D eigenvalue weighted by Crippen LogP contribution is 2.21. The predicted octanol–water partition coefficient (Wildman–Crippen LogP) is -0.239. The topological polar surface area (TPSA) is 90.3 Å². The van der Waals surface area contributed by atoms with Gasteiger partial charge in [-0.3, -0.25) is 0 Å². The largest absolute Gasteiger partial charge is 0.480 e. The zero-order chi connectivity index (χ0) is 14.4. The van der Waals surface area contributed by atoms with E-state index in [2.05, 4.69) is 6.58 Å². The van der Waals surface area contributed by atoms with E-state index in [4.69, 9.17) is 14.9 Å². The molecule has 108 valence electrons. The van der Waals surface area contributed by atoms with Crippen LogP contribution in [0.5, 0.6) is 0 Å². The molecule has 0 radical (unpaired) electrons. The van der Waals surface area contributed by atoms with Gasteiger partial charge in [0, 0.05) is 33.2 Å². The van der Waals surface area contributed by atoms with Crippen molar-refractivity contribution in [2.24, 2.45) is 0 Å². The van der Waals surface area contributed by atoms with Gasteiger partial charge in [0.05, 0.1) is 12.7 Å². The molecule has 0 aromatic carbocycles. The summed E-state index contributed by atoms with van der Waals surface area (Å²) >= 11 is 0. The smallest absolute Gasteiger partial charge is 0.326 e. The maximum absolute atomic E-state index is 12.3. The van der Waals surface area contributed by atoms with Crippen molar-refractivity contribution in [1.29, 1.82) is 0 Å². The molecule has 2 N–H and O–H groups in total. The number of urea groups is 1. The van der Waals surface area contributed by atoms with Crippen molar-refractivity contribution in [3.05, 3.63) is 12.7 Å². The summed E-state index contributed by atoms with van der Waals surface area (Å²) in [5.74, 6) is -1.05. The molecular weight excluding hydrogens is 252 g/mol. The summed E-state index contributed by atoms with van der Waals surface area (Å²) in [4.78, 5) is 26.1. The Kier molecular flexibility index (Phi) is 5.78. The van der Waals surface area contributed by atoms with Gasteiger partial charge in [0.15, 0.2) is 0 Å². The van der Waals surface area contributed by atoms with E-state index >= 15 is 0 Å². The number of likely N-dealkylation sites (tertiary alicyclic amines) is 1. The molecule has 1 heterocycles. The van der Waals surface area contributed by atoms with Crippen LogP contribution >= 0.6 is 0 Å². The standard InChI is InChI=1S/C12H20N2O5/c1-3-4-13(5-6-15)12(18)14-8-9(19-2)7-10(14)11(16)17/h3,9-10,15H,1,4-8H2,2H3,(H,16,17). The van der Waals surface area contributed by atoms with E-state index in [-0.39, 0.29) is 38.8 Å². The molecule has 19 heavy (non-hydrogen) atoms. The fraction of sp³-hybridized carbons (Fsp3) is 0.667. The van der Waals surface area contributed by atoms with Crippen LogP contribution < -0.4 is 0 Å². The summed E-state index contributed by atoms with van der Waals surface area (Å²) in [6.45, 7) is 4.01. The zero-order valence-electron chi connectivity index (χ0n) is 11.0. The number of hydrogen-bond acceptors (Lipinski definition) is 4. The van der Waals surface area contributed by atoms with Crippen molar-refractivity contribution in [2.45, 2.75) is 18.6 Å². The zero-order valence-corrected chi connectivity index (χ0v) is 11.0. The molecule has 0 bridgehead atoms. The van der Waals surface area contributed by atoms with E-state index in [0.29, 0.717) is 0 Å². The van der Waals surface area contributed by atoms with Gasteiger partial charge in [-0.05, 0) is 0 Å². The molecule has 0 aliphatic carbocycles. The van der Waals surface area contributed by atoms with Crippen LogP contribution in [0.1, 0.15) is 6.42 Å². The first-order valence-corrected chi connectivity index (χ1v) is 6.08. The first-order chi connectivity index (χ1) is 9.04. The highest BCUT2D eigenvalue weighted by atomic mass is 16.5. The summed E-state index contributed by atoms with van der Waals surface area (Å²) in [6.07, 6.45) is 1.54. The Balaban J connectivity index is 2.81. The van der Waals surface area contributed by atoms with Crippen LogP contribution in [-0.4, -0.2) is 77.5 Å². The number of carboxylic acids is 1. The minimum atomic E-state index is -1.05. The fourth-order valence-corrected chi connectivity index (χ4v) is 2.14. The van der Waals surface area contributed by atoms with Crippen LogP contribution in [0.15, 0.2) is 12.7 Å². The molecule has 1 fully saturated rings. The van der Waals surface area contributed by atoms with E-state index in [9.17, 15) is 9.59 Å². The Hall–Kier alpha value is -1.60. The van der Waals surface area contributed by atoms with E-state index in [0.717, 1.165) is 0 Å². The number of nitrogens with zero attached hydrogens (tertiary/aromatic N) is 2. The van der Waals surface area contributed by atoms with Gasteiger partial charge in [-0.15, -0.1) is 6.58 Å². The number of amides is 2. The Bertz CT molecular complexity index is 347. The van der Waals surface area contributed by atoms with Crippen molar-refractivity contribution in [3.63, 3.8) is 0 Å². The van der Waals surface area contributed by atoms with Gasteiger partial charge in [0.25, 0.3) is 0 Å². The second-order valence-electron chi connectivity index (χ2n) is 4.34. The van der Waals surface area contributed by atoms with Gasteiger partial charge >= 0.3 is 12.0 Å². The molecule has 2 atom stereocenters. The van der Waals surface area contributed by atoms with Gasteiger partial charge in [-0.2, -0.15) is 0 Å². The van der Waals surface area contributed by atoms with E-state index < -0.39 is 18.0 Å². The summed E-state index contributed by atoms with van der Waals surface area (Å²) in [5, 5.41) is 18.1. The van der Waals surface area contributed by atoms with E-state index in [1.54, 1.807) is 0 Å². The molecule has 0 saturated carbocycles. The molecule has 0 aromatic rings. The third kappa shape index (κ3) is 3.68. The quantitative estimate of drug-likeness (QED) is 0.651. The molecular formula is C12H20N2O5. The number of hydrogen-bond donors (Lipinski definition) is 2. The number of aliphatic carboxylic acids is 1. The lowest BCUT2D eigenvalue weighted by Gasteiger charge is -2.29. The van der Waals surface area contributed by atoms with Crippen LogP contribution in [0.3, 0.4) is 0 Å². The number of aliphatic hydroxyl groups is 1. The number of carboxylic acid groups (broad SMARTS) is 1. The molecule has 1 aliphatic rings. The van der Waals surface area contributed by atoms with Crippen LogP contribution in [0.25, 0.3) is 0 Å². The second kappa shape index (κ2) is 7.10. The third-order valence-corrected chi connectivity index (χ3v) is 3.12. The number of methoxy groups -OCH3 is 1. The Morgan fingerprint density at radius 2 is 2.26 bits per heavy atom. The average Bonchev–Trinajstić information content (AvgIpc) is 2.82. The molecule has 1 saturated heterocycles. The number of rotatable bonds is 6. The van der Waals surface area contributed by atoms with E-state index in [1.165, 1.54) is 23.0 Å². The lowest BCUT2D eigenvalue weighted by atomic mass is 10.2. The SMILES string of the molecule is C=CCN(CCO)C(=O)N1CC(OC)CC1C(=O)O. The maximum Gasteiger partial charge on any atom is 0.326 e. The molecule has 7 heteroatoms. The summed E-state index contributed by atoms with van der Waals surface area (Å²) < 4.78 is 5.13. The predicted molar refractivity (Wildman–Crippen MR) is 67.8 cm³/mol. The normalized spacial score (nSPS) is 22.3. The van der Waals surface area contributed by atoms with Crippen molar-refractivity contribution >= 4 is 12.0 Å². The lowest BCUT2D eigenvalue weighted by molar-refractivity contribution is -0.141. The molecule has 1 aliphatic heterocycles. The first kappa shape index (κ1) is 15.5. The Labute approximate surface area is 112 Å². The van der Waals surface area contributed by atoms with Crippen molar-refractivity contribution in [2.75, 3.05) is 33.4 Å². The van der Waals surface area contributed by atoms with Gasteiger partial charge in [0.2, 0.25) is 0 Å². The number of ether oxygens (including phenoxy) is 1. The van der Waals surface area contributed by atoms with Crippen LogP contribution in [0.2, 0.25) is 0 Å². The lowest BCUT2D eigenvalue weighted by Crippen LogP contribution is -2.49. The number of carbonyl (C=O) groups excluding carboxylic acids is 1. The number of carbonyl (C=O) groups is 2. The molecule has 2 unspecified atom stereocenters. The van der Waals surface area contributed by atoms with Crippen LogP contribution in [-0.2, 0) is 9.53 Å². The minimum absolute atomic E-state index is 0.144. The summed E-state index contributed by atoms with van der Waals surface area (Å²) in [6, 6.07) is -1.30. The van der Waals surface area contributed by atoms with Gasteiger partial charge in [0.1, 0.15) is 6.04 Å². The van der Waals surface area contributed by atoms with Crippen molar-refractivity contribution < 1.29 is 24.5 Å². The Morgan fingerprint density at radius 1 is 1.58 bits per heavy atom. The van der Waals surface area contributed by atoms with Crippen LogP contribution in [0.4, 0.5) is 4.79 Å². The maximum atomic E-state index is 12.3. The van der Waals surface area contributed by atoms with Gasteiger partial charge in [-0.25, -0.2) is 9.59 Å². The molecule has 1 rings (SSSR count). The van der Waals surface area contributed by atoms with Gasteiger partial charge in [-0.1, -0.05) is 6.08 Å². The van der Waals surface area contributed by atoms with Crippen molar-refractivity contribution in [3.8, 4) is 0 Å². The van der Waals surface area contributed by atoms with Gasteiger partial charge < -0.3 is 24.7 Å². The molecule has 0 spiro atoms. The van der Waals surface area contributed by atoms with Crippen LogP contribution in [0, 0.1) is 0 Å². The third-order valence-electron chi connectivity index (χ3n) is 3.12. The fourth-order valence-electron chi connectivity index (χ4n) is 2.14. The summed E-state index contributed by atoms with van der Waals surface area (Å²) in [5.41, 5.74) is 0.